The number of benzene rings is 3. The van der Waals surface area contributed by atoms with Crippen LogP contribution in [0.2, 0.25) is 0 Å². The molecule has 3 aromatic carbocycles. The van der Waals surface area contributed by atoms with Gasteiger partial charge >= 0.3 is 0 Å². The molecule has 0 unspecified atom stereocenters. The Labute approximate surface area is 178 Å². The van der Waals surface area contributed by atoms with Crippen molar-refractivity contribution < 1.29 is 0 Å². The van der Waals surface area contributed by atoms with Crippen LogP contribution in [0.5, 0.6) is 0 Å². The molecule has 0 saturated heterocycles. The summed E-state index contributed by atoms with van der Waals surface area (Å²) >= 11 is 0. The third kappa shape index (κ3) is 2.88. The lowest BCUT2D eigenvalue weighted by atomic mass is 10.0. The van der Waals surface area contributed by atoms with Crippen molar-refractivity contribution in [2.24, 2.45) is 0 Å². The SMILES string of the molecule is N#Cc1ccc2c(c1)c1cc(C#N)ccc1n2-c1ccc(-c2ccncc2)c(C#N)c1. The molecule has 142 valence electrons. The first kappa shape index (κ1) is 18.1. The smallest absolute Gasteiger partial charge is 0.0998 e. The van der Waals surface area contributed by atoms with E-state index in [0.29, 0.717) is 16.7 Å². The predicted molar refractivity (Wildman–Crippen MR) is 118 cm³/mol. The lowest BCUT2D eigenvalue weighted by molar-refractivity contribution is 1.18. The fourth-order valence-corrected chi connectivity index (χ4v) is 3.99. The second-order valence-corrected chi connectivity index (χ2v) is 7.10. The molecule has 0 bridgehead atoms. The van der Waals surface area contributed by atoms with Gasteiger partial charge in [0.05, 0.1) is 45.9 Å². The van der Waals surface area contributed by atoms with Crippen molar-refractivity contribution in [1.29, 1.82) is 15.8 Å². The quantitative estimate of drug-likeness (QED) is 0.397. The molecule has 0 spiro atoms. The summed E-state index contributed by atoms with van der Waals surface area (Å²) in [6.07, 6.45) is 3.41. The van der Waals surface area contributed by atoms with Gasteiger partial charge in [0.15, 0.2) is 0 Å². The Morgan fingerprint density at radius 3 is 1.81 bits per heavy atom. The van der Waals surface area contributed by atoms with E-state index >= 15 is 0 Å². The van der Waals surface area contributed by atoms with Crippen molar-refractivity contribution in [2.75, 3.05) is 0 Å². The van der Waals surface area contributed by atoms with Crippen molar-refractivity contribution in [3.05, 3.63) is 95.8 Å². The average Bonchev–Trinajstić information content (AvgIpc) is 3.16. The van der Waals surface area contributed by atoms with Crippen molar-refractivity contribution >= 4 is 21.8 Å². The lowest BCUT2D eigenvalue weighted by Crippen LogP contribution is -1.96. The Kier molecular flexibility index (Phi) is 4.19. The second-order valence-electron chi connectivity index (χ2n) is 7.10. The Morgan fingerprint density at radius 1 is 0.645 bits per heavy atom. The Morgan fingerprint density at radius 2 is 1.26 bits per heavy atom. The van der Waals surface area contributed by atoms with Crippen LogP contribution in [-0.2, 0) is 0 Å². The number of nitrogens with zero attached hydrogens (tertiary/aromatic N) is 5. The fourth-order valence-electron chi connectivity index (χ4n) is 3.99. The van der Waals surface area contributed by atoms with Gasteiger partial charge in [-0.2, -0.15) is 15.8 Å². The molecule has 0 atom stereocenters. The van der Waals surface area contributed by atoms with Gasteiger partial charge in [0.25, 0.3) is 0 Å². The maximum absolute atomic E-state index is 9.82. The van der Waals surface area contributed by atoms with Gasteiger partial charge in [0.2, 0.25) is 0 Å². The molecule has 5 rings (SSSR count). The van der Waals surface area contributed by atoms with Crippen molar-refractivity contribution in [1.82, 2.24) is 9.55 Å². The predicted octanol–water partition coefficient (Wildman–Crippen LogP) is 5.46. The first-order valence-corrected chi connectivity index (χ1v) is 9.57. The number of fused-ring (bicyclic) bond motifs is 3. The number of aromatic nitrogens is 2. The zero-order valence-electron chi connectivity index (χ0n) is 16.2. The van der Waals surface area contributed by atoms with Crippen molar-refractivity contribution in [3.63, 3.8) is 0 Å². The lowest BCUT2D eigenvalue weighted by Gasteiger charge is -2.11. The number of nitriles is 3. The third-order valence-electron chi connectivity index (χ3n) is 5.40. The first-order valence-electron chi connectivity index (χ1n) is 9.57. The average molecular weight is 395 g/mol. The molecular formula is C26H13N5. The summed E-state index contributed by atoms with van der Waals surface area (Å²) in [6.45, 7) is 0. The van der Waals surface area contributed by atoms with E-state index in [-0.39, 0.29) is 0 Å². The summed E-state index contributed by atoms with van der Waals surface area (Å²) in [5.41, 5.74) is 6.09. The fraction of sp³-hybridized carbons (Fsp3) is 0. The molecule has 2 heterocycles. The third-order valence-corrected chi connectivity index (χ3v) is 5.40. The molecule has 5 aromatic rings. The Balaban J connectivity index is 1.82. The topological polar surface area (TPSA) is 89.2 Å². The minimum Gasteiger partial charge on any atom is -0.309 e. The Bertz CT molecular complexity index is 1540. The molecule has 0 aliphatic heterocycles. The zero-order chi connectivity index (χ0) is 21.4. The monoisotopic (exact) mass is 395 g/mol. The van der Waals surface area contributed by atoms with Crippen LogP contribution in [0.15, 0.2) is 79.1 Å². The summed E-state index contributed by atoms with van der Waals surface area (Å²) in [6, 6.07) is 27.3. The van der Waals surface area contributed by atoms with Crippen LogP contribution in [0.25, 0.3) is 38.6 Å². The molecule has 0 radical (unpaired) electrons. The van der Waals surface area contributed by atoms with E-state index in [0.717, 1.165) is 38.6 Å². The number of rotatable bonds is 2. The van der Waals surface area contributed by atoms with E-state index in [2.05, 4.69) is 27.8 Å². The first-order chi connectivity index (χ1) is 15.2. The summed E-state index contributed by atoms with van der Waals surface area (Å²) in [5, 5.41) is 30.3. The van der Waals surface area contributed by atoms with Gasteiger partial charge in [0, 0.05) is 28.9 Å². The molecular weight excluding hydrogens is 382 g/mol. The number of hydrogen-bond donors (Lipinski definition) is 0. The zero-order valence-corrected chi connectivity index (χ0v) is 16.2. The van der Waals surface area contributed by atoms with Crippen LogP contribution in [0.3, 0.4) is 0 Å². The van der Waals surface area contributed by atoms with Gasteiger partial charge in [-0.15, -0.1) is 0 Å². The molecule has 0 fully saturated rings. The number of pyridine rings is 1. The van der Waals surface area contributed by atoms with Gasteiger partial charge in [-0.25, -0.2) is 0 Å². The van der Waals surface area contributed by atoms with Gasteiger partial charge in [-0.1, -0.05) is 6.07 Å². The molecule has 5 heteroatoms. The largest absolute Gasteiger partial charge is 0.309 e. The highest BCUT2D eigenvalue weighted by molar-refractivity contribution is 6.10. The molecule has 31 heavy (non-hydrogen) atoms. The molecule has 0 N–H and O–H groups in total. The second kappa shape index (κ2) is 7.16. The van der Waals surface area contributed by atoms with Crippen LogP contribution in [0, 0.1) is 34.0 Å². The summed E-state index contributed by atoms with van der Waals surface area (Å²) in [7, 11) is 0. The van der Waals surface area contributed by atoms with Crippen LogP contribution < -0.4 is 0 Å². The van der Waals surface area contributed by atoms with Crippen LogP contribution in [-0.4, -0.2) is 9.55 Å². The highest BCUT2D eigenvalue weighted by Gasteiger charge is 2.15. The standard InChI is InChI=1S/C26H13N5/c27-14-17-1-5-25-23(11-17)24-12-18(15-28)2-6-26(24)31(25)21-3-4-22(20(13-21)16-29)19-7-9-30-10-8-19/h1-13H. The highest BCUT2D eigenvalue weighted by Crippen LogP contribution is 2.34. The van der Waals surface area contributed by atoms with Crippen molar-refractivity contribution in [3.8, 4) is 35.0 Å². The van der Waals surface area contributed by atoms with Gasteiger partial charge < -0.3 is 4.57 Å². The molecule has 0 aliphatic carbocycles. The van der Waals surface area contributed by atoms with Crippen LogP contribution in [0.4, 0.5) is 0 Å². The van der Waals surface area contributed by atoms with Gasteiger partial charge in [0.1, 0.15) is 0 Å². The van der Waals surface area contributed by atoms with Crippen LogP contribution in [0.1, 0.15) is 16.7 Å². The Hall–Kier alpha value is -4.92. The highest BCUT2D eigenvalue weighted by atomic mass is 15.0. The van der Waals surface area contributed by atoms with E-state index in [1.807, 2.05) is 54.6 Å². The maximum Gasteiger partial charge on any atom is 0.0998 e. The van der Waals surface area contributed by atoms with Gasteiger partial charge in [-0.05, 0) is 71.8 Å². The van der Waals surface area contributed by atoms with Crippen molar-refractivity contribution in [2.45, 2.75) is 0 Å². The minimum absolute atomic E-state index is 0.555. The number of hydrogen-bond acceptors (Lipinski definition) is 4. The van der Waals surface area contributed by atoms with E-state index in [1.165, 1.54) is 0 Å². The molecule has 5 nitrogen and oxygen atoms in total. The van der Waals surface area contributed by atoms with Crippen LogP contribution >= 0.6 is 0 Å². The van der Waals surface area contributed by atoms with Gasteiger partial charge in [-0.3, -0.25) is 4.98 Å². The minimum atomic E-state index is 0.555. The summed E-state index contributed by atoms with van der Waals surface area (Å²) < 4.78 is 2.06. The van der Waals surface area contributed by atoms with E-state index < -0.39 is 0 Å². The molecule has 2 aromatic heterocycles. The molecule has 0 aliphatic rings. The van der Waals surface area contributed by atoms with E-state index in [1.54, 1.807) is 24.5 Å². The summed E-state index contributed by atoms with van der Waals surface area (Å²) in [4.78, 5) is 4.05. The van der Waals surface area contributed by atoms with E-state index in [9.17, 15) is 15.8 Å². The maximum atomic E-state index is 9.82. The molecule has 0 saturated carbocycles. The normalized spacial score (nSPS) is 10.5. The summed E-state index contributed by atoms with van der Waals surface area (Å²) in [5.74, 6) is 0. The molecule has 0 amide bonds. The van der Waals surface area contributed by atoms with E-state index in [4.69, 9.17) is 0 Å².